The lowest BCUT2D eigenvalue weighted by molar-refractivity contribution is -0.735. The Morgan fingerprint density at radius 1 is 0.964 bits per heavy atom. The molecule has 2 nitrogen and oxygen atoms in total. The smallest absolute Gasteiger partial charge is 0.119 e. The van der Waals surface area contributed by atoms with Gasteiger partial charge in [-0.1, -0.05) is 65.0 Å². The molecule has 2 heteroatoms. The fourth-order valence-electron chi connectivity index (χ4n) is 5.56. The highest BCUT2D eigenvalue weighted by Gasteiger charge is 2.38. The lowest BCUT2D eigenvalue weighted by Crippen LogP contribution is -2.41. The van der Waals surface area contributed by atoms with Gasteiger partial charge in [-0.15, -0.1) is 9.20 Å². The van der Waals surface area contributed by atoms with E-state index in [1.807, 2.05) is 0 Å². The monoisotopic (exact) mass is 371 g/mol. The normalized spacial score (nSPS) is 16.3. The summed E-state index contributed by atoms with van der Waals surface area (Å²) in [6, 6.07) is 18.4. The average Bonchev–Trinajstić information content (AvgIpc) is 2.93. The molecule has 0 saturated carbocycles. The maximum absolute atomic E-state index is 2.54. The Bertz CT molecular complexity index is 1220. The summed E-state index contributed by atoms with van der Waals surface area (Å²) in [7, 11) is 0. The minimum absolute atomic E-state index is 0.101. The number of para-hydroxylation sites is 2. The van der Waals surface area contributed by atoms with E-state index in [0.717, 1.165) is 6.54 Å². The number of aromatic nitrogens is 2. The van der Waals surface area contributed by atoms with Crippen LogP contribution in [0.4, 0.5) is 0 Å². The number of pyridine rings is 1. The number of hydrogen-bond acceptors (Lipinski definition) is 0. The van der Waals surface area contributed by atoms with Crippen molar-refractivity contribution in [3.8, 4) is 0 Å². The van der Waals surface area contributed by atoms with Crippen molar-refractivity contribution in [2.45, 2.75) is 71.3 Å². The van der Waals surface area contributed by atoms with Crippen LogP contribution in [-0.2, 0) is 17.4 Å². The van der Waals surface area contributed by atoms with Crippen LogP contribution in [0.1, 0.15) is 65.0 Å². The van der Waals surface area contributed by atoms with E-state index in [0.29, 0.717) is 0 Å². The first-order chi connectivity index (χ1) is 13.4. The van der Waals surface area contributed by atoms with E-state index in [1.54, 1.807) is 0 Å². The van der Waals surface area contributed by atoms with Crippen LogP contribution < -0.4 is 4.68 Å². The summed E-state index contributed by atoms with van der Waals surface area (Å²) in [6.07, 6.45) is 3.57. The summed E-state index contributed by atoms with van der Waals surface area (Å²) < 4.78 is 5.08. The van der Waals surface area contributed by atoms with Gasteiger partial charge in [0.05, 0.1) is 5.39 Å². The van der Waals surface area contributed by atoms with Gasteiger partial charge < -0.3 is 0 Å². The van der Waals surface area contributed by atoms with Crippen molar-refractivity contribution in [2.75, 3.05) is 0 Å². The van der Waals surface area contributed by atoms with Crippen LogP contribution in [0, 0.1) is 0 Å². The van der Waals surface area contributed by atoms with E-state index >= 15 is 0 Å². The van der Waals surface area contributed by atoms with Gasteiger partial charge in [-0.3, -0.25) is 0 Å². The summed E-state index contributed by atoms with van der Waals surface area (Å²) in [5.74, 6) is 0. The molecule has 0 amide bonds. The fourth-order valence-corrected chi connectivity index (χ4v) is 5.56. The zero-order chi connectivity index (χ0) is 19.7. The Balaban J connectivity index is 2.10. The van der Waals surface area contributed by atoms with E-state index < -0.39 is 0 Å². The third-order valence-corrected chi connectivity index (χ3v) is 7.28. The molecule has 0 bridgehead atoms. The molecule has 5 rings (SSSR count). The molecule has 3 heterocycles. The molecule has 4 aromatic rings. The first kappa shape index (κ1) is 17.7. The first-order valence-electron chi connectivity index (χ1n) is 10.8. The molecule has 28 heavy (non-hydrogen) atoms. The maximum Gasteiger partial charge on any atom is 0.239 e. The topological polar surface area (TPSA) is 8.29 Å². The predicted molar refractivity (Wildman–Crippen MR) is 118 cm³/mol. The molecular formula is C26H31N2+. The number of rotatable bonds is 2. The summed E-state index contributed by atoms with van der Waals surface area (Å²) in [6.45, 7) is 12.8. The summed E-state index contributed by atoms with van der Waals surface area (Å²) >= 11 is 0. The number of fused-ring (bicyclic) bond motifs is 3. The van der Waals surface area contributed by atoms with Crippen LogP contribution in [0.3, 0.4) is 0 Å². The third kappa shape index (κ3) is 2.18. The number of hydrogen-bond donors (Lipinski definition) is 0. The van der Waals surface area contributed by atoms with Crippen LogP contribution in [0.25, 0.3) is 27.3 Å². The van der Waals surface area contributed by atoms with Crippen molar-refractivity contribution >= 4 is 27.3 Å². The zero-order valence-electron chi connectivity index (χ0n) is 17.8. The minimum atomic E-state index is 0.101. The lowest BCUT2D eigenvalue weighted by atomic mass is 9.72. The van der Waals surface area contributed by atoms with Gasteiger partial charge in [-0.05, 0) is 41.5 Å². The van der Waals surface area contributed by atoms with Crippen molar-refractivity contribution in [3.63, 3.8) is 0 Å². The Morgan fingerprint density at radius 3 is 2.39 bits per heavy atom. The van der Waals surface area contributed by atoms with Crippen LogP contribution in [0.2, 0.25) is 0 Å². The molecule has 0 saturated heterocycles. The Kier molecular flexibility index (Phi) is 3.69. The largest absolute Gasteiger partial charge is 0.239 e. The van der Waals surface area contributed by atoms with Crippen LogP contribution in [0.5, 0.6) is 0 Å². The van der Waals surface area contributed by atoms with Gasteiger partial charge in [0, 0.05) is 23.3 Å². The summed E-state index contributed by atoms with van der Waals surface area (Å²) in [5, 5.41) is 2.78. The van der Waals surface area contributed by atoms with Crippen molar-refractivity contribution < 1.29 is 4.68 Å². The minimum Gasteiger partial charge on any atom is -0.119 e. The average molecular weight is 372 g/mol. The first-order valence-corrected chi connectivity index (χ1v) is 10.8. The van der Waals surface area contributed by atoms with Gasteiger partial charge in [0.1, 0.15) is 11.0 Å². The third-order valence-electron chi connectivity index (χ3n) is 7.28. The fraction of sp³-hybridized carbons (Fsp3) is 0.423. The molecule has 0 fully saturated rings. The van der Waals surface area contributed by atoms with Gasteiger partial charge >= 0.3 is 0 Å². The predicted octanol–water partition coefficient (Wildman–Crippen LogP) is 6.29. The van der Waals surface area contributed by atoms with E-state index in [1.165, 1.54) is 57.7 Å². The van der Waals surface area contributed by atoms with E-state index in [9.17, 15) is 0 Å². The van der Waals surface area contributed by atoms with E-state index in [4.69, 9.17) is 0 Å². The van der Waals surface area contributed by atoms with Gasteiger partial charge in [0.25, 0.3) is 0 Å². The quantitative estimate of drug-likeness (QED) is 0.366. The molecule has 2 aromatic carbocycles. The second kappa shape index (κ2) is 5.83. The van der Waals surface area contributed by atoms with Crippen molar-refractivity contribution in [3.05, 3.63) is 59.7 Å². The van der Waals surface area contributed by atoms with Crippen LogP contribution in [-0.4, -0.2) is 4.52 Å². The van der Waals surface area contributed by atoms with Gasteiger partial charge in [0.15, 0.2) is 6.54 Å². The van der Waals surface area contributed by atoms with E-state index in [-0.39, 0.29) is 10.8 Å². The summed E-state index contributed by atoms with van der Waals surface area (Å²) in [4.78, 5) is 0. The SMILES string of the molecule is CCC1(CC)CC[n+]2c3ccccc3c3cc(C(C)(C)C)c4cccc1c4n32. The Hall–Kier alpha value is -2.35. The summed E-state index contributed by atoms with van der Waals surface area (Å²) in [5.41, 5.74) is 7.48. The van der Waals surface area contributed by atoms with Crippen molar-refractivity contribution in [2.24, 2.45) is 0 Å². The molecule has 0 unspecified atom stereocenters. The molecule has 0 radical (unpaired) electrons. The van der Waals surface area contributed by atoms with Gasteiger partial charge in [-0.2, -0.15) is 0 Å². The molecule has 0 spiro atoms. The van der Waals surface area contributed by atoms with Crippen LogP contribution >= 0.6 is 0 Å². The van der Waals surface area contributed by atoms with Gasteiger partial charge in [-0.25, -0.2) is 0 Å². The van der Waals surface area contributed by atoms with Crippen molar-refractivity contribution in [1.82, 2.24) is 4.52 Å². The van der Waals surface area contributed by atoms with Crippen LogP contribution in [0.15, 0.2) is 48.5 Å². The standard InChI is InChI=1S/C26H31N2/c1-6-26(7-2)15-16-27-22-14-9-8-11-19(22)23-17-21(25(3,4)5)18-12-10-13-20(26)24(18)28(23)27/h8-14,17H,6-7,15-16H2,1-5H3/q+1. The molecule has 0 aliphatic carbocycles. The lowest BCUT2D eigenvalue weighted by Gasteiger charge is -2.31. The molecule has 0 atom stereocenters. The molecule has 0 N–H and O–H groups in total. The second-order valence-electron chi connectivity index (χ2n) is 9.58. The van der Waals surface area contributed by atoms with Crippen molar-refractivity contribution in [1.29, 1.82) is 0 Å². The van der Waals surface area contributed by atoms with E-state index in [2.05, 4.69) is 92.3 Å². The highest BCUT2D eigenvalue weighted by Crippen LogP contribution is 2.43. The maximum atomic E-state index is 2.54. The number of aryl methyl sites for hydroxylation is 1. The molecule has 144 valence electrons. The Labute approximate surface area is 167 Å². The molecule has 1 aliphatic rings. The molecule has 2 aromatic heterocycles. The van der Waals surface area contributed by atoms with Gasteiger partial charge in [0.2, 0.25) is 5.52 Å². The Morgan fingerprint density at radius 2 is 1.68 bits per heavy atom. The number of nitrogens with zero attached hydrogens (tertiary/aromatic N) is 2. The molecule has 1 aliphatic heterocycles. The number of benzene rings is 2. The highest BCUT2D eigenvalue weighted by atomic mass is 15.4. The zero-order valence-corrected chi connectivity index (χ0v) is 17.8. The highest BCUT2D eigenvalue weighted by molar-refractivity contribution is 5.99. The second-order valence-corrected chi connectivity index (χ2v) is 9.58. The molecular weight excluding hydrogens is 340 g/mol.